The van der Waals surface area contributed by atoms with E-state index in [4.69, 9.17) is 4.74 Å². The molecule has 0 spiro atoms. The predicted molar refractivity (Wildman–Crippen MR) is 80.2 cm³/mol. The second-order valence-electron chi connectivity index (χ2n) is 6.89. The van der Waals surface area contributed by atoms with E-state index in [1.54, 1.807) is 12.5 Å². The number of hydrogen-bond donors (Lipinski definition) is 1. The summed E-state index contributed by atoms with van der Waals surface area (Å²) in [5.41, 5.74) is 1.81. The van der Waals surface area contributed by atoms with Gasteiger partial charge in [-0.25, -0.2) is 9.97 Å². The molecule has 4 fully saturated rings. The Balaban J connectivity index is 1.39. The topological polar surface area (TPSA) is 66.9 Å². The van der Waals surface area contributed by atoms with Gasteiger partial charge in [-0.05, 0) is 18.8 Å². The summed E-state index contributed by atoms with van der Waals surface area (Å²) in [4.78, 5) is 11.2. The summed E-state index contributed by atoms with van der Waals surface area (Å²) in [6.45, 7) is 3.69. The third-order valence-electron chi connectivity index (χ3n) is 5.40. The van der Waals surface area contributed by atoms with E-state index in [0.29, 0.717) is 23.8 Å². The molecule has 4 aliphatic rings. The molecule has 2 aromatic rings. The maximum absolute atomic E-state index is 6.32. The third-order valence-corrected chi connectivity index (χ3v) is 5.40. The quantitative estimate of drug-likeness (QED) is 0.932. The van der Waals surface area contributed by atoms with Crippen molar-refractivity contribution in [2.24, 2.45) is 17.8 Å². The minimum atomic E-state index is 0.319. The SMILES string of the molecule is c1nc(OC2[C@H]3CC4C[C@H]2CN(C4)C3)cc(-c2cn[nH]c2)n1. The first-order valence-electron chi connectivity index (χ1n) is 8.05. The van der Waals surface area contributed by atoms with Crippen LogP contribution >= 0.6 is 0 Å². The minimum Gasteiger partial charge on any atom is -0.474 e. The van der Waals surface area contributed by atoms with Crippen LogP contribution in [0, 0.1) is 17.8 Å². The maximum Gasteiger partial charge on any atom is 0.217 e. The molecule has 2 aromatic heterocycles. The zero-order valence-corrected chi connectivity index (χ0v) is 12.4. The van der Waals surface area contributed by atoms with Gasteiger partial charge in [-0.3, -0.25) is 5.10 Å². The van der Waals surface area contributed by atoms with Crippen molar-refractivity contribution in [3.63, 3.8) is 0 Å². The van der Waals surface area contributed by atoms with E-state index in [-0.39, 0.29) is 0 Å². The van der Waals surface area contributed by atoms with E-state index in [1.807, 2.05) is 12.3 Å². The van der Waals surface area contributed by atoms with Crippen molar-refractivity contribution < 1.29 is 4.74 Å². The number of ether oxygens (including phenoxy) is 1. The summed E-state index contributed by atoms with van der Waals surface area (Å²) in [5, 5.41) is 6.79. The maximum atomic E-state index is 6.32. The molecule has 2 atom stereocenters. The first kappa shape index (κ1) is 12.6. The average Bonchev–Trinajstić information content (AvgIpc) is 3.05. The number of rotatable bonds is 3. The van der Waals surface area contributed by atoms with Gasteiger partial charge in [-0.15, -0.1) is 0 Å². The highest BCUT2D eigenvalue weighted by molar-refractivity contribution is 5.57. The van der Waals surface area contributed by atoms with Crippen LogP contribution in [0.15, 0.2) is 24.8 Å². The number of nitrogens with one attached hydrogen (secondary N) is 1. The Morgan fingerprint density at radius 3 is 2.73 bits per heavy atom. The van der Waals surface area contributed by atoms with Gasteiger partial charge in [0.15, 0.2) is 0 Å². The Morgan fingerprint density at radius 2 is 2.00 bits per heavy atom. The Labute approximate surface area is 128 Å². The first-order chi connectivity index (χ1) is 10.8. The fourth-order valence-corrected chi connectivity index (χ4v) is 4.65. The molecule has 0 unspecified atom stereocenters. The molecule has 1 saturated carbocycles. The second kappa shape index (κ2) is 4.78. The Hall–Kier alpha value is -1.95. The summed E-state index contributed by atoms with van der Waals surface area (Å²) < 4.78 is 6.32. The van der Waals surface area contributed by atoms with Crippen LogP contribution in [0.3, 0.4) is 0 Å². The minimum absolute atomic E-state index is 0.319. The van der Waals surface area contributed by atoms with Gasteiger partial charge in [-0.1, -0.05) is 0 Å². The highest BCUT2D eigenvalue weighted by Crippen LogP contribution is 2.44. The molecule has 0 aromatic carbocycles. The molecule has 22 heavy (non-hydrogen) atoms. The molecule has 6 nitrogen and oxygen atoms in total. The van der Waals surface area contributed by atoms with Crippen molar-refractivity contribution in [3.8, 4) is 17.1 Å². The lowest BCUT2D eigenvalue weighted by atomic mass is 9.66. The smallest absolute Gasteiger partial charge is 0.217 e. The standard InChI is InChI=1S/C16H19N5O/c1-10-2-12-8-21(6-10)7-11(1)16(12)22-15-3-14(17-9-18-15)13-4-19-20-5-13/h3-5,9-12,16H,1-2,6-8H2,(H,19,20)/t10?,11-,12-,16?/m0/s1. The lowest BCUT2D eigenvalue weighted by Crippen LogP contribution is -2.61. The number of piperidine rings is 3. The third kappa shape index (κ3) is 2.01. The van der Waals surface area contributed by atoms with E-state index in [1.165, 1.54) is 32.5 Å². The fourth-order valence-electron chi connectivity index (χ4n) is 4.65. The van der Waals surface area contributed by atoms with E-state index in [9.17, 15) is 0 Å². The van der Waals surface area contributed by atoms with Gasteiger partial charge in [0, 0.05) is 49.3 Å². The fraction of sp³-hybridized carbons (Fsp3) is 0.562. The van der Waals surface area contributed by atoms with Crippen molar-refractivity contribution >= 4 is 0 Å². The van der Waals surface area contributed by atoms with Crippen LogP contribution in [-0.2, 0) is 0 Å². The molecule has 6 rings (SSSR count). The van der Waals surface area contributed by atoms with E-state index < -0.39 is 0 Å². The molecule has 5 heterocycles. The summed E-state index contributed by atoms with van der Waals surface area (Å²) in [5.74, 6) is 2.92. The molecular weight excluding hydrogens is 278 g/mol. The second-order valence-corrected chi connectivity index (χ2v) is 6.89. The highest BCUT2D eigenvalue weighted by atomic mass is 16.5. The van der Waals surface area contributed by atoms with Crippen molar-refractivity contribution in [2.75, 3.05) is 19.6 Å². The van der Waals surface area contributed by atoms with Crippen LogP contribution in [-0.4, -0.2) is 50.8 Å². The summed E-state index contributed by atoms with van der Waals surface area (Å²) in [7, 11) is 0. The zero-order chi connectivity index (χ0) is 14.5. The van der Waals surface area contributed by atoms with E-state index in [0.717, 1.165) is 17.2 Å². The molecule has 114 valence electrons. The van der Waals surface area contributed by atoms with Gasteiger partial charge in [0.2, 0.25) is 5.88 Å². The molecule has 3 saturated heterocycles. The van der Waals surface area contributed by atoms with Gasteiger partial charge in [0.05, 0.1) is 11.9 Å². The highest BCUT2D eigenvalue weighted by Gasteiger charge is 2.48. The number of nitrogens with zero attached hydrogens (tertiary/aromatic N) is 4. The van der Waals surface area contributed by atoms with Gasteiger partial charge in [0.1, 0.15) is 12.4 Å². The number of aromatic amines is 1. The Bertz CT molecular complexity index is 643. The normalized spacial score (nSPS) is 35.7. The monoisotopic (exact) mass is 297 g/mol. The molecule has 0 radical (unpaired) electrons. The lowest BCUT2D eigenvalue weighted by Gasteiger charge is -2.55. The van der Waals surface area contributed by atoms with Crippen molar-refractivity contribution in [1.82, 2.24) is 25.1 Å². The molecule has 4 bridgehead atoms. The lowest BCUT2D eigenvalue weighted by molar-refractivity contribution is -0.0997. The molecule has 1 aliphatic carbocycles. The van der Waals surface area contributed by atoms with Gasteiger partial charge in [-0.2, -0.15) is 5.10 Å². The van der Waals surface area contributed by atoms with E-state index >= 15 is 0 Å². The van der Waals surface area contributed by atoms with Gasteiger partial charge >= 0.3 is 0 Å². The van der Waals surface area contributed by atoms with E-state index in [2.05, 4.69) is 25.1 Å². The number of aromatic nitrogens is 4. The molecule has 1 N–H and O–H groups in total. The van der Waals surface area contributed by atoms with Crippen molar-refractivity contribution in [2.45, 2.75) is 18.9 Å². The molecule has 6 heteroatoms. The molecule has 0 amide bonds. The van der Waals surface area contributed by atoms with Crippen LogP contribution in [0.25, 0.3) is 11.3 Å². The van der Waals surface area contributed by atoms with Crippen LogP contribution in [0.5, 0.6) is 5.88 Å². The first-order valence-corrected chi connectivity index (χ1v) is 8.05. The Kier molecular flexibility index (Phi) is 2.73. The molecular formula is C16H19N5O. The largest absolute Gasteiger partial charge is 0.474 e. The predicted octanol–water partition coefficient (Wildman–Crippen LogP) is 1.59. The average molecular weight is 297 g/mol. The number of H-pyrrole nitrogens is 1. The zero-order valence-electron chi connectivity index (χ0n) is 12.4. The van der Waals surface area contributed by atoms with Crippen LogP contribution in [0.4, 0.5) is 0 Å². The van der Waals surface area contributed by atoms with Gasteiger partial charge < -0.3 is 9.64 Å². The van der Waals surface area contributed by atoms with Crippen molar-refractivity contribution in [1.29, 1.82) is 0 Å². The van der Waals surface area contributed by atoms with Crippen LogP contribution < -0.4 is 4.74 Å². The molecule has 3 aliphatic heterocycles. The van der Waals surface area contributed by atoms with Crippen LogP contribution in [0.2, 0.25) is 0 Å². The number of hydrogen-bond acceptors (Lipinski definition) is 5. The summed E-state index contributed by atoms with van der Waals surface area (Å²) in [6, 6.07) is 1.93. The summed E-state index contributed by atoms with van der Waals surface area (Å²) in [6.07, 6.45) is 8.14. The summed E-state index contributed by atoms with van der Waals surface area (Å²) >= 11 is 0. The Morgan fingerprint density at radius 1 is 1.14 bits per heavy atom. The van der Waals surface area contributed by atoms with Gasteiger partial charge in [0.25, 0.3) is 0 Å². The van der Waals surface area contributed by atoms with Crippen LogP contribution in [0.1, 0.15) is 12.8 Å². The van der Waals surface area contributed by atoms with Crippen molar-refractivity contribution in [3.05, 3.63) is 24.8 Å².